The third-order valence-electron chi connectivity index (χ3n) is 3.96. The Morgan fingerprint density at radius 2 is 2.08 bits per heavy atom. The Hall–Kier alpha value is 0.400. The van der Waals surface area contributed by atoms with Gasteiger partial charge in [0.05, 0.1) is 0 Å². The summed E-state index contributed by atoms with van der Waals surface area (Å²) in [6, 6.07) is 0. The van der Waals surface area contributed by atoms with Gasteiger partial charge in [0, 0.05) is 16.3 Å². The number of rotatable bonds is 1. The van der Waals surface area contributed by atoms with Crippen LogP contribution in [-0.2, 0) is 4.79 Å². The van der Waals surface area contributed by atoms with Gasteiger partial charge in [0.1, 0.15) is 5.78 Å². The maximum absolute atomic E-state index is 12.0. The van der Waals surface area contributed by atoms with Gasteiger partial charge in [-0.3, -0.25) is 4.79 Å². The zero-order valence-electron chi connectivity index (χ0n) is 8.02. The molecule has 0 heterocycles. The molecule has 2 saturated carbocycles. The van der Waals surface area contributed by atoms with E-state index in [9.17, 15) is 4.79 Å². The maximum Gasteiger partial charge on any atom is 0.140 e. The highest BCUT2D eigenvalue weighted by atomic mass is 127. The molecule has 2 aliphatic rings. The van der Waals surface area contributed by atoms with Crippen LogP contribution in [0.2, 0.25) is 0 Å². The third kappa shape index (κ3) is 1.55. The Balaban J connectivity index is 2.26. The molecule has 13 heavy (non-hydrogen) atoms. The number of alkyl halides is 1. The molecule has 0 aromatic rings. The molecule has 0 amide bonds. The first-order chi connectivity index (χ1) is 6.29. The highest BCUT2D eigenvalue weighted by Gasteiger charge is 2.47. The fourth-order valence-corrected chi connectivity index (χ4v) is 4.54. The van der Waals surface area contributed by atoms with Crippen LogP contribution in [0.25, 0.3) is 0 Å². The molecule has 2 fully saturated rings. The lowest BCUT2D eigenvalue weighted by atomic mass is 9.75. The number of fused-ring (bicyclic) bond motifs is 1. The van der Waals surface area contributed by atoms with E-state index in [1.54, 1.807) is 0 Å². The monoisotopic (exact) mass is 292 g/mol. The van der Waals surface area contributed by atoms with Crippen molar-refractivity contribution in [1.29, 1.82) is 0 Å². The summed E-state index contributed by atoms with van der Waals surface area (Å²) in [5.41, 5.74) is 0.122. The first-order valence-electron chi connectivity index (χ1n) is 5.39. The fraction of sp³-hybridized carbons (Fsp3) is 0.909. The molecule has 0 aromatic heterocycles. The smallest absolute Gasteiger partial charge is 0.140 e. The Labute approximate surface area is 93.8 Å². The molecule has 2 rings (SSSR count). The Morgan fingerprint density at radius 3 is 2.85 bits per heavy atom. The number of carbonyl (C=O) groups is 1. The van der Waals surface area contributed by atoms with Gasteiger partial charge in [-0.15, -0.1) is 0 Å². The van der Waals surface area contributed by atoms with Crippen molar-refractivity contribution in [2.24, 2.45) is 11.3 Å². The topological polar surface area (TPSA) is 17.1 Å². The number of hydrogen-bond donors (Lipinski definition) is 0. The van der Waals surface area contributed by atoms with Gasteiger partial charge in [0.15, 0.2) is 0 Å². The summed E-state index contributed by atoms with van der Waals surface area (Å²) in [6.45, 7) is 0. The average Bonchev–Trinajstić information content (AvgIpc) is 2.50. The molecular weight excluding hydrogens is 275 g/mol. The van der Waals surface area contributed by atoms with Gasteiger partial charge in [-0.1, -0.05) is 35.4 Å². The number of Topliss-reactive ketones (excluding diaryl/α,β-unsaturated/α-hetero) is 1. The van der Waals surface area contributed by atoms with Gasteiger partial charge in [-0.2, -0.15) is 0 Å². The third-order valence-corrected chi connectivity index (χ3v) is 5.32. The van der Waals surface area contributed by atoms with E-state index < -0.39 is 0 Å². The summed E-state index contributed by atoms with van der Waals surface area (Å²) in [5, 5.41) is 0. The molecule has 0 N–H and O–H groups in total. The molecule has 0 aliphatic heterocycles. The van der Waals surface area contributed by atoms with Crippen LogP contribution in [0, 0.1) is 11.3 Å². The summed E-state index contributed by atoms with van der Waals surface area (Å²) in [6.07, 6.45) is 8.39. The van der Waals surface area contributed by atoms with Crippen molar-refractivity contribution in [3.05, 3.63) is 0 Å². The van der Waals surface area contributed by atoms with Gasteiger partial charge in [-0.25, -0.2) is 0 Å². The Bertz CT molecular complexity index is 214. The van der Waals surface area contributed by atoms with Crippen molar-refractivity contribution in [3.63, 3.8) is 0 Å². The van der Waals surface area contributed by atoms with Crippen LogP contribution in [0.3, 0.4) is 0 Å². The summed E-state index contributed by atoms with van der Waals surface area (Å²) in [7, 11) is 0. The molecule has 2 unspecified atom stereocenters. The second kappa shape index (κ2) is 3.87. The molecule has 0 radical (unpaired) electrons. The van der Waals surface area contributed by atoms with E-state index in [2.05, 4.69) is 22.6 Å². The minimum Gasteiger partial charge on any atom is -0.299 e. The fourth-order valence-electron chi connectivity index (χ4n) is 3.11. The first-order valence-corrected chi connectivity index (χ1v) is 6.91. The van der Waals surface area contributed by atoms with Crippen molar-refractivity contribution >= 4 is 28.4 Å². The predicted molar refractivity (Wildman–Crippen MR) is 62.1 cm³/mol. The molecule has 0 aromatic carbocycles. The lowest BCUT2D eigenvalue weighted by molar-refractivity contribution is -0.128. The quantitative estimate of drug-likeness (QED) is 0.535. The number of halogens is 1. The second-order valence-electron chi connectivity index (χ2n) is 4.55. The van der Waals surface area contributed by atoms with Gasteiger partial charge in [0.2, 0.25) is 0 Å². The lowest BCUT2D eigenvalue weighted by Crippen LogP contribution is -2.35. The van der Waals surface area contributed by atoms with Gasteiger partial charge < -0.3 is 0 Å². The van der Waals surface area contributed by atoms with E-state index in [0.29, 0.717) is 5.78 Å². The molecular formula is C11H17IO. The predicted octanol–water partition coefficient (Wildman–Crippen LogP) is 3.35. The number of carbonyl (C=O) groups excluding carboxylic acids is 1. The second-order valence-corrected chi connectivity index (χ2v) is 5.31. The summed E-state index contributed by atoms with van der Waals surface area (Å²) >= 11 is 2.43. The standard InChI is InChI=1S/C11H17IO/c12-8-11-7-3-5-9(11)4-1-2-6-10(11)13/h9H,1-8H2. The molecule has 0 saturated heterocycles. The van der Waals surface area contributed by atoms with Crippen LogP contribution < -0.4 is 0 Å². The molecule has 74 valence electrons. The highest BCUT2D eigenvalue weighted by Crippen LogP contribution is 2.50. The van der Waals surface area contributed by atoms with Crippen LogP contribution in [0.1, 0.15) is 44.9 Å². The Morgan fingerprint density at radius 1 is 1.31 bits per heavy atom. The highest BCUT2D eigenvalue weighted by molar-refractivity contribution is 14.1. The largest absolute Gasteiger partial charge is 0.299 e. The minimum atomic E-state index is 0.122. The van der Waals surface area contributed by atoms with E-state index in [-0.39, 0.29) is 5.41 Å². The van der Waals surface area contributed by atoms with Crippen molar-refractivity contribution in [2.75, 3.05) is 4.43 Å². The minimum absolute atomic E-state index is 0.122. The molecule has 1 nitrogen and oxygen atoms in total. The molecule has 0 bridgehead atoms. The first kappa shape index (κ1) is 9.94. The summed E-state index contributed by atoms with van der Waals surface area (Å²) < 4.78 is 1.06. The number of hydrogen-bond acceptors (Lipinski definition) is 1. The van der Waals surface area contributed by atoms with Gasteiger partial charge in [0.25, 0.3) is 0 Å². The normalized spacial score (nSPS) is 40.1. The molecule has 2 atom stereocenters. The van der Waals surface area contributed by atoms with Gasteiger partial charge in [-0.05, 0) is 31.6 Å². The summed E-state index contributed by atoms with van der Waals surface area (Å²) in [5.74, 6) is 1.32. The average molecular weight is 292 g/mol. The van der Waals surface area contributed by atoms with E-state index >= 15 is 0 Å². The zero-order chi connectivity index (χ0) is 9.31. The van der Waals surface area contributed by atoms with E-state index in [0.717, 1.165) is 23.2 Å². The van der Waals surface area contributed by atoms with E-state index in [4.69, 9.17) is 0 Å². The zero-order valence-corrected chi connectivity index (χ0v) is 10.2. The summed E-state index contributed by atoms with van der Waals surface area (Å²) in [4.78, 5) is 12.0. The van der Waals surface area contributed by atoms with Crippen molar-refractivity contribution in [3.8, 4) is 0 Å². The molecule has 0 spiro atoms. The van der Waals surface area contributed by atoms with Crippen LogP contribution >= 0.6 is 22.6 Å². The van der Waals surface area contributed by atoms with Crippen LogP contribution in [0.5, 0.6) is 0 Å². The van der Waals surface area contributed by atoms with Crippen LogP contribution in [0.15, 0.2) is 0 Å². The number of ketones is 1. The lowest BCUT2D eigenvalue weighted by Gasteiger charge is -2.30. The van der Waals surface area contributed by atoms with Crippen molar-refractivity contribution in [2.45, 2.75) is 44.9 Å². The van der Waals surface area contributed by atoms with Gasteiger partial charge >= 0.3 is 0 Å². The Kier molecular flexibility index (Phi) is 2.96. The van der Waals surface area contributed by atoms with Crippen molar-refractivity contribution < 1.29 is 4.79 Å². The SMILES string of the molecule is O=C1CCCCC2CCCC12CI. The molecule has 2 heteroatoms. The molecule has 2 aliphatic carbocycles. The van der Waals surface area contributed by atoms with Crippen LogP contribution in [-0.4, -0.2) is 10.2 Å². The maximum atomic E-state index is 12.0. The van der Waals surface area contributed by atoms with Crippen molar-refractivity contribution in [1.82, 2.24) is 0 Å². The van der Waals surface area contributed by atoms with E-state index in [1.807, 2.05) is 0 Å². The van der Waals surface area contributed by atoms with Crippen LogP contribution in [0.4, 0.5) is 0 Å². The van der Waals surface area contributed by atoms with E-state index in [1.165, 1.54) is 32.1 Å².